The molecule has 1 aliphatic rings. The van der Waals surface area contributed by atoms with E-state index in [2.05, 4.69) is 4.72 Å². The van der Waals surface area contributed by atoms with Crippen molar-refractivity contribution in [3.8, 4) is 0 Å². The number of hydrogen-bond acceptors (Lipinski definition) is 4. The Morgan fingerprint density at radius 1 is 1.00 bits per heavy atom. The molecule has 1 fully saturated rings. The molecule has 2 aromatic carbocycles. The van der Waals surface area contributed by atoms with E-state index in [9.17, 15) is 16.8 Å². The van der Waals surface area contributed by atoms with Crippen LogP contribution in [0.5, 0.6) is 0 Å². The lowest BCUT2D eigenvalue weighted by atomic mass is 9.92. The fraction of sp³-hybridized carbons (Fsp3) is 0.429. The Morgan fingerprint density at radius 3 is 2.24 bits per heavy atom. The lowest BCUT2D eigenvalue weighted by molar-refractivity contribution is 0.315. The van der Waals surface area contributed by atoms with Gasteiger partial charge in [-0.25, -0.2) is 21.6 Å². The third-order valence-electron chi connectivity index (χ3n) is 5.40. The first-order chi connectivity index (χ1) is 13.7. The fourth-order valence-electron chi connectivity index (χ4n) is 3.51. The molecule has 2 atom stereocenters. The highest BCUT2D eigenvalue weighted by Crippen LogP contribution is 2.30. The molecule has 0 radical (unpaired) electrons. The van der Waals surface area contributed by atoms with Crippen LogP contribution in [0.3, 0.4) is 0 Å². The number of nitrogens with one attached hydrogen (secondary N) is 1. The molecule has 0 bridgehead atoms. The summed E-state index contributed by atoms with van der Waals surface area (Å²) in [7, 11) is -7.34. The second kappa shape index (κ2) is 8.95. The Hall–Kier alpha value is -1.74. The average molecular weight is 437 g/mol. The zero-order valence-electron chi connectivity index (χ0n) is 16.8. The molecule has 1 saturated heterocycles. The predicted octanol–water partition coefficient (Wildman–Crippen LogP) is 3.33. The van der Waals surface area contributed by atoms with E-state index in [1.54, 1.807) is 6.92 Å². The van der Waals surface area contributed by atoms with Gasteiger partial charge in [0.05, 0.1) is 9.79 Å². The molecule has 0 spiro atoms. The van der Waals surface area contributed by atoms with E-state index in [1.807, 2.05) is 37.3 Å². The van der Waals surface area contributed by atoms with Crippen molar-refractivity contribution in [1.82, 2.24) is 9.03 Å². The van der Waals surface area contributed by atoms with Crippen LogP contribution in [-0.4, -0.2) is 40.3 Å². The van der Waals surface area contributed by atoms with Crippen LogP contribution in [0.25, 0.3) is 0 Å². The Balaban J connectivity index is 1.79. The molecule has 6 nitrogen and oxygen atoms in total. The van der Waals surface area contributed by atoms with Crippen molar-refractivity contribution in [1.29, 1.82) is 0 Å². The van der Waals surface area contributed by atoms with Gasteiger partial charge in [0.25, 0.3) is 0 Å². The van der Waals surface area contributed by atoms with Gasteiger partial charge in [0.2, 0.25) is 20.0 Å². The predicted molar refractivity (Wildman–Crippen MR) is 114 cm³/mol. The van der Waals surface area contributed by atoms with E-state index in [0.29, 0.717) is 19.5 Å². The van der Waals surface area contributed by atoms with Gasteiger partial charge in [-0.2, -0.15) is 4.31 Å². The van der Waals surface area contributed by atoms with Crippen molar-refractivity contribution in [2.75, 3.05) is 13.1 Å². The lowest BCUT2D eigenvalue weighted by Gasteiger charge is -2.32. The lowest BCUT2D eigenvalue weighted by Crippen LogP contribution is -2.39. The van der Waals surface area contributed by atoms with Gasteiger partial charge in [-0.1, -0.05) is 37.3 Å². The van der Waals surface area contributed by atoms with Gasteiger partial charge in [-0.3, -0.25) is 0 Å². The quantitative estimate of drug-likeness (QED) is 0.722. The highest BCUT2D eigenvalue weighted by molar-refractivity contribution is 7.89. The van der Waals surface area contributed by atoms with Crippen LogP contribution in [-0.2, 0) is 20.0 Å². The Morgan fingerprint density at radius 2 is 1.62 bits per heavy atom. The van der Waals surface area contributed by atoms with Gasteiger partial charge in [0.15, 0.2) is 0 Å². The van der Waals surface area contributed by atoms with Gasteiger partial charge in [-0.15, -0.1) is 0 Å². The first kappa shape index (κ1) is 22.0. The minimum absolute atomic E-state index is 0.0672. The van der Waals surface area contributed by atoms with Crippen LogP contribution >= 0.6 is 0 Å². The summed E-state index contributed by atoms with van der Waals surface area (Å²) in [6.07, 6.45) is 2.42. The first-order valence-corrected chi connectivity index (χ1v) is 12.8. The monoisotopic (exact) mass is 436 g/mol. The molecule has 1 aliphatic heterocycles. The van der Waals surface area contributed by atoms with Crippen LogP contribution in [0.1, 0.15) is 44.6 Å². The maximum atomic E-state index is 13.1. The molecule has 2 aromatic rings. The summed E-state index contributed by atoms with van der Waals surface area (Å²) in [5.74, 6) is 0.166. The summed E-state index contributed by atoms with van der Waals surface area (Å²) in [6, 6.07) is 15.2. The van der Waals surface area contributed by atoms with Crippen LogP contribution in [0.15, 0.2) is 64.4 Å². The summed E-state index contributed by atoms with van der Waals surface area (Å²) in [5, 5.41) is 0. The van der Waals surface area contributed by atoms with Crippen molar-refractivity contribution < 1.29 is 16.8 Å². The zero-order chi connectivity index (χ0) is 21.1. The Kier molecular flexibility index (Phi) is 6.78. The number of piperidine rings is 1. The van der Waals surface area contributed by atoms with Gasteiger partial charge in [0, 0.05) is 19.1 Å². The number of hydrogen-bond donors (Lipinski definition) is 1. The molecule has 3 rings (SSSR count). The van der Waals surface area contributed by atoms with Crippen molar-refractivity contribution in [3.05, 3.63) is 60.2 Å². The largest absolute Gasteiger partial charge is 0.243 e. The molecule has 0 aromatic heterocycles. The molecule has 29 heavy (non-hydrogen) atoms. The van der Waals surface area contributed by atoms with E-state index >= 15 is 0 Å². The van der Waals surface area contributed by atoms with Gasteiger partial charge < -0.3 is 0 Å². The SMILES string of the molecule is CC[C@H](C)NS(=O)(=O)c1ccc(S(=O)(=O)N2CCC[C@@H](c3ccccc3)C2)cc1. The normalized spacial score (nSPS) is 19.7. The van der Waals surface area contributed by atoms with E-state index < -0.39 is 20.0 Å². The number of nitrogens with zero attached hydrogens (tertiary/aromatic N) is 1. The topological polar surface area (TPSA) is 83.5 Å². The van der Waals surface area contributed by atoms with Crippen molar-refractivity contribution in [2.45, 2.75) is 54.9 Å². The standard InChI is InChI=1S/C21H28N2O4S2/c1-3-17(2)22-28(24,25)20-11-13-21(14-12-20)29(26,27)23-15-7-10-19(16-23)18-8-5-4-6-9-18/h4-6,8-9,11-14,17,19,22H,3,7,10,15-16H2,1-2H3/t17-,19+/m0/s1. The zero-order valence-corrected chi connectivity index (χ0v) is 18.4. The highest BCUT2D eigenvalue weighted by Gasteiger charge is 2.31. The van der Waals surface area contributed by atoms with Crippen LogP contribution in [0.2, 0.25) is 0 Å². The van der Waals surface area contributed by atoms with Crippen molar-refractivity contribution in [2.24, 2.45) is 0 Å². The molecule has 0 unspecified atom stereocenters. The maximum Gasteiger partial charge on any atom is 0.243 e. The molecule has 1 heterocycles. The maximum absolute atomic E-state index is 13.1. The number of rotatable bonds is 7. The minimum atomic E-state index is -3.67. The van der Waals surface area contributed by atoms with E-state index in [1.165, 1.54) is 28.6 Å². The third-order valence-corrected chi connectivity index (χ3v) is 8.88. The average Bonchev–Trinajstić information content (AvgIpc) is 2.74. The second-order valence-electron chi connectivity index (χ2n) is 7.51. The fourth-order valence-corrected chi connectivity index (χ4v) is 6.36. The van der Waals surface area contributed by atoms with Crippen LogP contribution < -0.4 is 4.72 Å². The minimum Gasteiger partial charge on any atom is -0.208 e. The summed E-state index contributed by atoms with van der Waals surface area (Å²) < 4.78 is 55.1. The molecule has 0 saturated carbocycles. The van der Waals surface area contributed by atoms with Crippen molar-refractivity contribution >= 4 is 20.0 Å². The van der Waals surface area contributed by atoms with Gasteiger partial charge >= 0.3 is 0 Å². The summed E-state index contributed by atoms with van der Waals surface area (Å²) in [5.41, 5.74) is 1.14. The first-order valence-electron chi connectivity index (χ1n) is 9.91. The number of benzene rings is 2. The Labute approximate surface area is 174 Å². The van der Waals surface area contributed by atoms with E-state index in [-0.39, 0.29) is 21.8 Å². The molecule has 1 N–H and O–H groups in total. The second-order valence-corrected chi connectivity index (χ2v) is 11.2. The van der Waals surface area contributed by atoms with Gasteiger partial charge in [-0.05, 0) is 61.9 Å². The number of sulfonamides is 2. The molecule has 158 valence electrons. The molecule has 8 heteroatoms. The molecule has 0 aliphatic carbocycles. The third kappa shape index (κ3) is 5.06. The molecular formula is C21H28N2O4S2. The summed E-state index contributed by atoms with van der Waals surface area (Å²) >= 11 is 0. The Bertz CT molecular complexity index is 1020. The van der Waals surface area contributed by atoms with E-state index in [0.717, 1.165) is 18.4 Å². The van der Waals surface area contributed by atoms with E-state index in [4.69, 9.17) is 0 Å². The molecular weight excluding hydrogens is 408 g/mol. The molecule has 0 amide bonds. The van der Waals surface area contributed by atoms with Crippen LogP contribution in [0, 0.1) is 0 Å². The van der Waals surface area contributed by atoms with Crippen LogP contribution in [0.4, 0.5) is 0 Å². The van der Waals surface area contributed by atoms with Crippen molar-refractivity contribution in [3.63, 3.8) is 0 Å². The van der Waals surface area contributed by atoms with Gasteiger partial charge in [0.1, 0.15) is 0 Å². The highest BCUT2D eigenvalue weighted by atomic mass is 32.2. The smallest absolute Gasteiger partial charge is 0.208 e. The summed E-state index contributed by atoms with van der Waals surface area (Å²) in [4.78, 5) is 0.186. The summed E-state index contributed by atoms with van der Waals surface area (Å²) in [6.45, 7) is 4.59.